The van der Waals surface area contributed by atoms with Crippen LogP contribution in [-0.2, 0) is 0 Å². The Kier molecular flexibility index (Phi) is 13.8. The van der Waals surface area contributed by atoms with E-state index in [0.717, 1.165) is 6.42 Å². The smallest absolute Gasteiger partial charge is 0.0589 e. The minimum absolute atomic E-state index is 0.245. The molecule has 0 amide bonds. The van der Waals surface area contributed by atoms with Crippen molar-refractivity contribution in [1.29, 1.82) is 0 Å². The standard InChI is InChI=1S/C17H35NO/c1-4-5-6-7-8-9-10-11-12-13-14-15-17(16-19)18(2)3/h13-14,17,19H,4-12,15-16H2,1-3H3/b14-13+/t17-/m1/s1. The molecular formula is C17H35NO. The SMILES string of the molecule is CCCCCCCCCC/C=C/C[C@H](CO)N(C)C. The van der Waals surface area contributed by atoms with E-state index in [-0.39, 0.29) is 12.6 Å². The van der Waals surface area contributed by atoms with Crippen LogP contribution < -0.4 is 0 Å². The second-order valence-electron chi connectivity index (χ2n) is 5.77. The van der Waals surface area contributed by atoms with Crippen LogP contribution in [0.2, 0.25) is 0 Å². The van der Waals surface area contributed by atoms with E-state index in [1.807, 2.05) is 14.1 Å². The highest BCUT2D eigenvalue weighted by atomic mass is 16.3. The molecule has 0 rings (SSSR count). The Hall–Kier alpha value is -0.340. The molecule has 0 unspecified atom stereocenters. The summed E-state index contributed by atoms with van der Waals surface area (Å²) in [6.45, 7) is 2.51. The van der Waals surface area contributed by atoms with Crippen LogP contribution in [0.25, 0.3) is 0 Å². The van der Waals surface area contributed by atoms with E-state index in [4.69, 9.17) is 0 Å². The molecule has 114 valence electrons. The summed E-state index contributed by atoms with van der Waals surface area (Å²) in [7, 11) is 4.04. The zero-order valence-electron chi connectivity index (χ0n) is 13.4. The van der Waals surface area contributed by atoms with E-state index in [2.05, 4.69) is 24.0 Å². The van der Waals surface area contributed by atoms with Crippen LogP contribution in [0.3, 0.4) is 0 Å². The Morgan fingerprint density at radius 2 is 1.47 bits per heavy atom. The van der Waals surface area contributed by atoms with E-state index in [1.165, 1.54) is 57.8 Å². The highest BCUT2D eigenvalue weighted by molar-refractivity contribution is 4.86. The average molecular weight is 269 g/mol. The molecule has 2 nitrogen and oxygen atoms in total. The van der Waals surface area contributed by atoms with Crippen molar-refractivity contribution in [3.8, 4) is 0 Å². The van der Waals surface area contributed by atoms with Gasteiger partial charge < -0.3 is 10.0 Å². The largest absolute Gasteiger partial charge is 0.395 e. The van der Waals surface area contributed by atoms with Crippen LogP contribution in [-0.4, -0.2) is 36.8 Å². The lowest BCUT2D eigenvalue weighted by molar-refractivity contribution is 0.171. The van der Waals surface area contributed by atoms with Crippen molar-refractivity contribution in [3.05, 3.63) is 12.2 Å². The molecule has 0 aliphatic carbocycles. The molecule has 0 saturated carbocycles. The minimum Gasteiger partial charge on any atom is -0.395 e. The van der Waals surface area contributed by atoms with E-state index in [9.17, 15) is 5.11 Å². The van der Waals surface area contributed by atoms with Gasteiger partial charge in [0.1, 0.15) is 0 Å². The van der Waals surface area contributed by atoms with Gasteiger partial charge in [-0.15, -0.1) is 0 Å². The molecule has 0 fully saturated rings. The molecule has 19 heavy (non-hydrogen) atoms. The van der Waals surface area contributed by atoms with Crippen LogP contribution in [0.4, 0.5) is 0 Å². The van der Waals surface area contributed by atoms with Gasteiger partial charge in [0.15, 0.2) is 0 Å². The number of allylic oxidation sites excluding steroid dienone is 1. The first-order chi connectivity index (χ1) is 9.22. The second-order valence-corrected chi connectivity index (χ2v) is 5.77. The predicted octanol–water partition coefficient (Wildman–Crippen LogP) is 4.39. The van der Waals surface area contributed by atoms with Gasteiger partial charge in [-0.1, -0.05) is 64.0 Å². The Morgan fingerprint density at radius 1 is 0.895 bits per heavy atom. The minimum atomic E-state index is 0.245. The number of hydrogen-bond acceptors (Lipinski definition) is 2. The normalized spacial score (nSPS) is 13.5. The molecule has 1 atom stereocenters. The fourth-order valence-corrected chi connectivity index (χ4v) is 2.22. The number of unbranched alkanes of at least 4 members (excludes halogenated alkanes) is 8. The van der Waals surface area contributed by atoms with Crippen LogP contribution >= 0.6 is 0 Å². The third-order valence-electron chi connectivity index (χ3n) is 3.74. The third kappa shape index (κ3) is 12.4. The van der Waals surface area contributed by atoms with Gasteiger partial charge in [-0.2, -0.15) is 0 Å². The van der Waals surface area contributed by atoms with Crippen molar-refractivity contribution < 1.29 is 5.11 Å². The lowest BCUT2D eigenvalue weighted by Gasteiger charge is -2.20. The van der Waals surface area contributed by atoms with Crippen molar-refractivity contribution in [2.45, 2.75) is 77.2 Å². The Balaban J connectivity index is 3.29. The quantitative estimate of drug-likeness (QED) is 0.396. The second kappa shape index (κ2) is 14.1. The van der Waals surface area contributed by atoms with Gasteiger partial charge in [-0.3, -0.25) is 0 Å². The number of aliphatic hydroxyl groups is 1. The zero-order chi connectivity index (χ0) is 14.3. The summed E-state index contributed by atoms with van der Waals surface area (Å²) in [6.07, 6.45) is 17.7. The summed E-state index contributed by atoms with van der Waals surface area (Å²) in [5.41, 5.74) is 0. The molecule has 0 saturated heterocycles. The number of hydrogen-bond donors (Lipinski definition) is 1. The molecule has 1 N–H and O–H groups in total. The number of likely N-dealkylation sites (N-methyl/N-ethyl adjacent to an activating group) is 1. The van der Waals surface area contributed by atoms with Crippen LogP contribution in [0, 0.1) is 0 Å². The first-order valence-corrected chi connectivity index (χ1v) is 8.14. The summed E-state index contributed by atoms with van der Waals surface area (Å²) in [5.74, 6) is 0. The maximum atomic E-state index is 9.18. The molecule has 2 heteroatoms. The van der Waals surface area contributed by atoms with E-state index < -0.39 is 0 Å². The van der Waals surface area contributed by atoms with Gasteiger partial charge >= 0.3 is 0 Å². The molecule has 0 aromatic carbocycles. The van der Waals surface area contributed by atoms with Gasteiger partial charge in [0.25, 0.3) is 0 Å². The van der Waals surface area contributed by atoms with E-state index in [1.54, 1.807) is 0 Å². The predicted molar refractivity (Wildman–Crippen MR) is 85.5 cm³/mol. The first-order valence-electron chi connectivity index (χ1n) is 8.14. The fourth-order valence-electron chi connectivity index (χ4n) is 2.22. The molecule has 0 bridgehead atoms. The molecule has 0 radical (unpaired) electrons. The maximum Gasteiger partial charge on any atom is 0.0589 e. The summed E-state index contributed by atoms with van der Waals surface area (Å²) >= 11 is 0. The van der Waals surface area contributed by atoms with Gasteiger partial charge in [-0.25, -0.2) is 0 Å². The van der Waals surface area contributed by atoms with Crippen molar-refractivity contribution in [3.63, 3.8) is 0 Å². The van der Waals surface area contributed by atoms with Crippen molar-refractivity contribution in [1.82, 2.24) is 4.90 Å². The average Bonchev–Trinajstić information content (AvgIpc) is 2.40. The highest BCUT2D eigenvalue weighted by Crippen LogP contribution is 2.10. The lowest BCUT2D eigenvalue weighted by Crippen LogP contribution is -2.30. The van der Waals surface area contributed by atoms with Gasteiger partial charge in [0.2, 0.25) is 0 Å². The number of aliphatic hydroxyl groups excluding tert-OH is 1. The maximum absolute atomic E-state index is 9.18. The monoisotopic (exact) mass is 269 g/mol. The molecule has 0 aromatic rings. The van der Waals surface area contributed by atoms with Crippen LogP contribution in [0.15, 0.2) is 12.2 Å². The molecule has 0 aliphatic rings. The van der Waals surface area contributed by atoms with E-state index >= 15 is 0 Å². The van der Waals surface area contributed by atoms with Crippen LogP contribution in [0.1, 0.15) is 71.1 Å². The van der Waals surface area contributed by atoms with Gasteiger partial charge in [0.05, 0.1) is 6.61 Å². The molecular weight excluding hydrogens is 234 g/mol. The fraction of sp³-hybridized carbons (Fsp3) is 0.882. The third-order valence-corrected chi connectivity index (χ3v) is 3.74. The summed E-state index contributed by atoms with van der Waals surface area (Å²) in [5, 5.41) is 9.18. The molecule has 0 spiro atoms. The summed E-state index contributed by atoms with van der Waals surface area (Å²) < 4.78 is 0. The molecule has 0 heterocycles. The topological polar surface area (TPSA) is 23.5 Å². The Labute approximate surface area is 120 Å². The number of rotatable bonds is 13. The van der Waals surface area contributed by atoms with Crippen molar-refractivity contribution >= 4 is 0 Å². The summed E-state index contributed by atoms with van der Waals surface area (Å²) in [4.78, 5) is 2.08. The lowest BCUT2D eigenvalue weighted by atomic mass is 10.1. The highest BCUT2D eigenvalue weighted by Gasteiger charge is 2.06. The molecule has 0 aromatic heterocycles. The summed E-state index contributed by atoms with van der Waals surface area (Å²) in [6, 6.07) is 0.273. The van der Waals surface area contributed by atoms with Crippen LogP contribution in [0.5, 0.6) is 0 Å². The zero-order valence-corrected chi connectivity index (χ0v) is 13.4. The Bertz CT molecular complexity index is 201. The van der Waals surface area contributed by atoms with E-state index in [0.29, 0.717) is 0 Å². The molecule has 0 aliphatic heterocycles. The number of nitrogens with zero attached hydrogens (tertiary/aromatic N) is 1. The van der Waals surface area contributed by atoms with Gasteiger partial charge in [-0.05, 0) is 33.4 Å². The first kappa shape index (κ1) is 18.7. The van der Waals surface area contributed by atoms with Crippen molar-refractivity contribution in [2.24, 2.45) is 0 Å². The Morgan fingerprint density at radius 3 is 2.00 bits per heavy atom. The van der Waals surface area contributed by atoms with Crippen molar-refractivity contribution in [2.75, 3.05) is 20.7 Å². The van der Waals surface area contributed by atoms with Gasteiger partial charge in [0, 0.05) is 6.04 Å².